The molecule has 1 heterocycles. The van der Waals surface area contributed by atoms with Gasteiger partial charge in [0.05, 0.1) is 17.1 Å². The summed E-state index contributed by atoms with van der Waals surface area (Å²) in [5.74, 6) is 0.325. The SMILES string of the molecule is CCn1c(NC(=O)[C@@H](C)N)nc2ccccc21.Cl. The van der Waals surface area contributed by atoms with E-state index in [0.717, 1.165) is 17.6 Å². The third-order valence-corrected chi connectivity index (χ3v) is 2.62. The van der Waals surface area contributed by atoms with Crippen LogP contribution in [0.15, 0.2) is 24.3 Å². The first kappa shape index (κ1) is 14.5. The molecule has 6 heteroatoms. The van der Waals surface area contributed by atoms with E-state index < -0.39 is 6.04 Å². The van der Waals surface area contributed by atoms with E-state index in [2.05, 4.69) is 10.3 Å². The third-order valence-electron chi connectivity index (χ3n) is 2.62. The van der Waals surface area contributed by atoms with E-state index in [1.165, 1.54) is 0 Å². The fourth-order valence-corrected chi connectivity index (χ4v) is 1.72. The molecular weight excluding hydrogens is 252 g/mol. The maximum atomic E-state index is 11.6. The van der Waals surface area contributed by atoms with Crippen LogP contribution >= 0.6 is 12.4 Å². The van der Waals surface area contributed by atoms with Crippen molar-refractivity contribution in [2.24, 2.45) is 5.73 Å². The molecule has 1 amide bonds. The number of nitrogens with two attached hydrogens (primary N) is 1. The van der Waals surface area contributed by atoms with Gasteiger partial charge in [-0.3, -0.25) is 10.1 Å². The Morgan fingerprint density at radius 1 is 1.50 bits per heavy atom. The topological polar surface area (TPSA) is 72.9 Å². The highest BCUT2D eigenvalue weighted by atomic mass is 35.5. The minimum atomic E-state index is -0.542. The molecule has 2 rings (SSSR count). The van der Waals surface area contributed by atoms with Crippen LogP contribution in [0.2, 0.25) is 0 Å². The Morgan fingerprint density at radius 2 is 2.17 bits per heavy atom. The molecule has 0 fully saturated rings. The van der Waals surface area contributed by atoms with Crippen LogP contribution in [0.3, 0.4) is 0 Å². The minimum absolute atomic E-state index is 0. The van der Waals surface area contributed by atoms with Crippen LogP contribution in [0.1, 0.15) is 13.8 Å². The van der Waals surface area contributed by atoms with Gasteiger partial charge in [0.25, 0.3) is 0 Å². The maximum Gasteiger partial charge on any atom is 0.243 e. The van der Waals surface area contributed by atoms with Crippen molar-refractivity contribution >= 4 is 35.3 Å². The smallest absolute Gasteiger partial charge is 0.243 e. The molecule has 0 aliphatic rings. The number of anilines is 1. The van der Waals surface area contributed by atoms with Crippen molar-refractivity contribution in [3.05, 3.63) is 24.3 Å². The highest BCUT2D eigenvalue weighted by molar-refractivity contribution is 5.94. The van der Waals surface area contributed by atoms with Gasteiger partial charge in [-0.05, 0) is 26.0 Å². The quantitative estimate of drug-likeness (QED) is 0.891. The highest BCUT2D eigenvalue weighted by Gasteiger charge is 2.13. The summed E-state index contributed by atoms with van der Waals surface area (Å²) in [6.07, 6.45) is 0. The van der Waals surface area contributed by atoms with Crippen molar-refractivity contribution in [3.63, 3.8) is 0 Å². The molecule has 0 aliphatic heterocycles. The van der Waals surface area contributed by atoms with E-state index in [4.69, 9.17) is 5.73 Å². The summed E-state index contributed by atoms with van der Waals surface area (Å²) in [5, 5.41) is 2.74. The van der Waals surface area contributed by atoms with Gasteiger partial charge in [0.1, 0.15) is 0 Å². The number of rotatable bonds is 3. The van der Waals surface area contributed by atoms with Gasteiger partial charge >= 0.3 is 0 Å². The molecule has 0 unspecified atom stereocenters. The Bertz CT molecular complexity index is 550. The molecule has 1 aromatic carbocycles. The molecule has 0 bridgehead atoms. The molecule has 0 saturated carbocycles. The Kier molecular flexibility index (Phi) is 4.69. The van der Waals surface area contributed by atoms with Gasteiger partial charge in [0, 0.05) is 6.54 Å². The molecule has 0 aliphatic carbocycles. The van der Waals surface area contributed by atoms with E-state index in [-0.39, 0.29) is 18.3 Å². The van der Waals surface area contributed by atoms with Crippen LogP contribution in [-0.4, -0.2) is 21.5 Å². The number of aromatic nitrogens is 2. The van der Waals surface area contributed by atoms with Crippen LogP contribution < -0.4 is 11.1 Å². The van der Waals surface area contributed by atoms with Crippen LogP contribution in [0, 0.1) is 0 Å². The van der Waals surface area contributed by atoms with E-state index in [9.17, 15) is 4.79 Å². The summed E-state index contributed by atoms with van der Waals surface area (Å²) >= 11 is 0. The van der Waals surface area contributed by atoms with Crippen LogP contribution in [0.25, 0.3) is 11.0 Å². The van der Waals surface area contributed by atoms with Gasteiger partial charge in [-0.15, -0.1) is 12.4 Å². The fraction of sp³-hybridized carbons (Fsp3) is 0.333. The Balaban J connectivity index is 0.00000162. The average Bonchev–Trinajstić information content (AvgIpc) is 2.65. The van der Waals surface area contributed by atoms with Crippen LogP contribution in [0.5, 0.6) is 0 Å². The number of para-hydroxylation sites is 2. The average molecular weight is 269 g/mol. The van der Waals surface area contributed by atoms with Gasteiger partial charge in [-0.2, -0.15) is 0 Å². The van der Waals surface area contributed by atoms with E-state index in [1.54, 1.807) is 6.92 Å². The van der Waals surface area contributed by atoms with Crippen molar-refractivity contribution in [3.8, 4) is 0 Å². The lowest BCUT2D eigenvalue weighted by Gasteiger charge is -2.09. The molecule has 2 aromatic rings. The second kappa shape index (κ2) is 5.84. The second-order valence-corrected chi connectivity index (χ2v) is 3.95. The first-order valence-electron chi connectivity index (χ1n) is 5.65. The summed E-state index contributed by atoms with van der Waals surface area (Å²) in [7, 11) is 0. The summed E-state index contributed by atoms with van der Waals surface area (Å²) < 4.78 is 1.95. The first-order valence-corrected chi connectivity index (χ1v) is 5.65. The molecule has 0 radical (unpaired) electrons. The minimum Gasteiger partial charge on any atom is -0.320 e. The molecule has 1 aromatic heterocycles. The first-order chi connectivity index (χ1) is 8.13. The highest BCUT2D eigenvalue weighted by Crippen LogP contribution is 2.19. The predicted octanol–water partition coefficient (Wildman–Crippen LogP) is 1.76. The second-order valence-electron chi connectivity index (χ2n) is 3.95. The van der Waals surface area contributed by atoms with Crippen molar-refractivity contribution in [1.29, 1.82) is 0 Å². The summed E-state index contributed by atoms with van der Waals surface area (Å²) in [4.78, 5) is 15.9. The molecule has 98 valence electrons. The number of benzene rings is 1. The van der Waals surface area contributed by atoms with Gasteiger partial charge in [0.15, 0.2) is 0 Å². The number of hydrogen-bond donors (Lipinski definition) is 2. The van der Waals surface area contributed by atoms with E-state index in [0.29, 0.717) is 5.95 Å². The Morgan fingerprint density at radius 3 is 2.78 bits per heavy atom. The standard InChI is InChI=1S/C12H16N4O.ClH/c1-3-16-10-7-5-4-6-9(10)14-12(16)15-11(17)8(2)13;/h4-8H,3,13H2,1-2H3,(H,14,15,17);1H/t8-;/m1./s1. The fourth-order valence-electron chi connectivity index (χ4n) is 1.72. The number of carbonyl (C=O) groups is 1. The maximum absolute atomic E-state index is 11.6. The number of amides is 1. The number of aryl methyl sites for hydroxylation is 1. The molecule has 3 N–H and O–H groups in total. The number of imidazole rings is 1. The zero-order valence-electron chi connectivity index (χ0n) is 10.4. The number of nitrogens with zero attached hydrogens (tertiary/aromatic N) is 2. The van der Waals surface area contributed by atoms with E-state index >= 15 is 0 Å². The molecular formula is C12H17ClN4O. The summed E-state index contributed by atoms with van der Waals surface area (Å²) in [6, 6.07) is 7.23. The van der Waals surface area contributed by atoms with Crippen LogP contribution in [0.4, 0.5) is 5.95 Å². The zero-order valence-corrected chi connectivity index (χ0v) is 11.2. The zero-order chi connectivity index (χ0) is 12.4. The van der Waals surface area contributed by atoms with Crippen molar-refractivity contribution in [1.82, 2.24) is 9.55 Å². The third kappa shape index (κ3) is 2.63. The molecule has 1 atom stereocenters. The number of hydrogen-bond acceptors (Lipinski definition) is 3. The van der Waals surface area contributed by atoms with Crippen LogP contribution in [-0.2, 0) is 11.3 Å². The lowest BCUT2D eigenvalue weighted by Crippen LogP contribution is -2.33. The molecule has 0 spiro atoms. The molecule has 5 nitrogen and oxygen atoms in total. The normalized spacial score (nSPS) is 11.9. The molecule has 18 heavy (non-hydrogen) atoms. The monoisotopic (exact) mass is 268 g/mol. The predicted molar refractivity (Wildman–Crippen MR) is 74.9 cm³/mol. The summed E-state index contributed by atoms with van der Waals surface area (Å²) in [5.41, 5.74) is 7.40. The van der Waals surface area contributed by atoms with Crippen molar-refractivity contribution in [2.75, 3.05) is 5.32 Å². The Labute approximate surface area is 112 Å². The Hall–Kier alpha value is -1.59. The number of nitrogens with one attached hydrogen (secondary N) is 1. The largest absolute Gasteiger partial charge is 0.320 e. The van der Waals surface area contributed by atoms with Gasteiger partial charge < -0.3 is 10.3 Å². The van der Waals surface area contributed by atoms with Crippen molar-refractivity contribution < 1.29 is 4.79 Å². The number of carbonyl (C=O) groups excluding carboxylic acids is 1. The van der Waals surface area contributed by atoms with Gasteiger partial charge in [-0.1, -0.05) is 12.1 Å². The van der Waals surface area contributed by atoms with Gasteiger partial charge in [0.2, 0.25) is 11.9 Å². The van der Waals surface area contributed by atoms with Crippen molar-refractivity contribution in [2.45, 2.75) is 26.4 Å². The van der Waals surface area contributed by atoms with E-state index in [1.807, 2.05) is 35.8 Å². The van der Waals surface area contributed by atoms with Gasteiger partial charge in [-0.25, -0.2) is 4.98 Å². The lowest BCUT2D eigenvalue weighted by atomic mass is 10.3. The number of fused-ring (bicyclic) bond motifs is 1. The lowest BCUT2D eigenvalue weighted by molar-refractivity contribution is -0.117. The molecule has 0 saturated heterocycles. The number of halogens is 1. The summed E-state index contributed by atoms with van der Waals surface area (Å²) in [6.45, 7) is 4.40.